The number of rotatable bonds is 10. The molecule has 0 spiro atoms. The molecule has 1 aliphatic heterocycles. The standard InChI is InChI=1S/C26H27Cl2F3N8O4S/c27-18-9-7-17(8-10-18)23-35-38(25(41)37(23)15-21(40)26(29,30)31)16-22-33-24(39(34-22)20-6-2-1-5-19(20)28)32-11-13-36-12-3-4-14-44(36,42)43/h1-2,5-10,21,40H,3-4,11-16H2,(H,32,33,34)/t21-/m0/s1. The number of hydrogen-bond donors (Lipinski definition) is 2. The van der Waals surface area contributed by atoms with Crippen LogP contribution in [0.15, 0.2) is 53.3 Å². The Morgan fingerprint density at radius 1 is 1.05 bits per heavy atom. The second-order valence-corrected chi connectivity index (χ2v) is 12.9. The first-order valence-corrected chi connectivity index (χ1v) is 15.8. The van der Waals surface area contributed by atoms with E-state index < -0.39 is 34.5 Å². The van der Waals surface area contributed by atoms with Gasteiger partial charge in [0.2, 0.25) is 16.0 Å². The van der Waals surface area contributed by atoms with Crippen LogP contribution in [0.4, 0.5) is 19.1 Å². The number of aliphatic hydroxyl groups excluding tert-OH is 1. The van der Waals surface area contributed by atoms with Crippen molar-refractivity contribution in [2.45, 2.75) is 38.2 Å². The lowest BCUT2D eigenvalue weighted by molar-refractivity contribution is -0.207. The number of alkyl halides is 3. The average Bonchev–Trinajstić information content (AvgIpc) is 3.50. The highest BCUT2D eigenvalue weighted by atomic mass is 35.5. The summed E-state index contributed by atoms with van der Waals surface area (Å²) in [5, 5.41) is 22.2. The molecule has 1 aliphatic rings. The molecule has 4 aromatic rings. The Hall–Kier alpha value is -3.44. The van der Waals surface area contributed by atoms with Gasteiger partial charge in [-0.15, -0.1) is 10.2 Å². The van der Waals surface area contributed by atoms with Crippen LogP contribution in [0.3, 0.4) is 0 Å². The molecule has 1 saturated heterocycles. The summed E-state index contributed by atoms with van der Waals surface area (Å²) in [7, 11) is -3.35. The molecule has 18 heteroatoms. The summed E-state index contributed by atoms with van der Waals surface area (Å²) in [6.45, 7) is -0.651. The summed E-state index contributed by atoms with van der Waals surface area (Å²) in [5.41, 5.74) is -0.199. The zero-order valence-electron chi connectivity index (χ0n) is 23.0. The van der Waals surface area contributed by atoms with E-state index in [4.69, 9.17) is 23.2 Å². The van der Waals surface area contributed by atoms with Crippen LogP contribution in [0.5, 0.6) is 0 Å². The molecular weight excluding hydrogens is 648 g/mol. The Morgan fingerprint density at radius 2 is 1.77 bits per heavy atom. The summed E-state index contributed by atoms with van der Waals surface area (Å²) in [5.74, 6) is 0.220. The Bertz CT molecular complexity index is 1790. The zero-order chi connectivity index (χ0) is 31.6. The van der Waals surface area contributed by atoms with E-state index >= 15 is 0 Å². The summed E-state index contributed by atoms with van der Waals surface area (Å²) in [6, 6.07) is 12.7. The molecule has 44 heavy (non-hydrogen) atoms. The fourth-order valence-corrected chi connectivity index (χ4v) is 6.59. The van der Waals surface area contributed by atoms with Crippen LogP contribution in [-0.2, 0) is 23.1 Å². The predicted molar refractivity (Wildman–Crippen MR) is 158 cm³/mol. The van der Waals surface area contributed by atoms with E-state index in [1.165, 1.54) is 33.3 Å². The number of aliphatic hydroxyl groups is 1. The summed E-state index contributed by atoms with van der Waals surface area (Å²) in [4.78, 5) is 17.8. The van der Waals surface area contributed by atoms with E-state index in [1.54, 1.807) is 24.3 Å². The highest BCUT2D eigenvalue weighted by Gasteiger charge is 2.39. The Labute approximate surface area is 259 Å². The highest BCUT2D eigenvalue weighted by Crippen LogP contribution is 2.25. The van der Waals surface area contributed by atoms with Crippen LogP contribution in [0.1, 0.15) is 18.7 Å². The van der Waals surface area contributed by atoms with Crippen molar-refractivity contribution in [3.8, 4) is 17.1 Å². The van der Waals surface area contributed by atoms with Gasteiger partial charge in [-0.25, -0.2) is 22.2 Å². The molecule has 12 nitrogen and oxygen atoms in total. The first kappa shape index (κ1) is 32.0. The molecule has 5 rings (SSSR count). The zero-order valence-corrected chi connectivity index (χ0v) is 25.3. The summed E-state index contributed by atoms with van der Waals surface area (Å²) < 4.78 is 68.9. The third-order valence-corrected chi connectivity index (χ3v) is 9.41. The molecule has 3 heterocycles. The van der Waals surface area contributed by atoms with Crippen molar-refractivity contribution in [1.29, 1.82) is 0 Å². The monoisotopic (exact) mass is 674 g/mol. The predicted octanol–water partition coefficient (Wildman–Crippen LogP) is 3.41. The van der Waals surface area contributed by atoms with Crippen molar-refractivity contribution in [2.24, 2.45) is 0 Å². The third-order valence-electron chi connectivity index (χ3n) is 6.88. The molecule has 0 radical (unpaired) electrons. The lowest BCUT2D eigenvalue weighted by atomic mass is 10.2. The maximum Gasteiger partial charge on any atom is 0.416 e. The van der Waals surface area contributed by atoms with Crippen molar-refractivity contribution in [1.82, 2.24) is 33.4 Å². The molecule has 0 bridgehead atoms. The van der Waals surface area contributed by atoms with Crippen LogP contribution in [-0.4, -0.2) is 84.6 Å². The van der Waals surface area contributed by atoms with Crippen molar-refractivity contribution < 1.29 is 26.7 Å². The Balaban J connectivity index is 1.47. The molecule has 0 amide bonds. The molecule has 236 valence electrons. The van der Waals surface area contributed by atoms with Crippen LogP contribution >= 0.6 is 23.2 Å². The van der Waals surface area contributed by atoms with Gasteiger partial charge in [-0.2, -0.15) is 22.8 Å². The van der Waals surface area contributed by atoms with E-state index in [1.807, 2.05) is 0 Å². The largest absolute Gasteiger partial charge is 0.416 e. The van der Waals surface area contributed by atoms with Gasteiger partial charge in [0.05, 0.1) is 23.0 Å². The number of para-hydroxylation sites is 1. The number of nitrogens with zero attached hydrogens (tertiary/aromatic N) is 7. The van der Waals surface area contributed by atoms with Gasteiger partial charge in [0.25, 0.3) is 0 Å². The van der Waals surface area contributed by atoms with Crippen LogP contribution in [0, 0.1) is 0 Å². The van der Waals surface area contributed by atoms with Crippen LogP contribution < -0.4 is 11.0 Å². The lowest BCUT2D eigenvalue weighted by Gasteiger charge is -2.26. The molecule has 2 aromatic carbocycles. The van der Waals surface area contributed by atoms with Crippen molar-refractivity contribution in [3.63, 3.8) is 0 Å². The summed E-state index contributed by atoms with van der Waals surface area (Å²) >= 11 is 12.4. The molecule has 0 unspecified atom stereocenters. The van der Waals surface area contributed by atoms with Gasteiger partial charge in [0.1, 0.15) is 6.54 Å². The van der Waals surface area contributed by atoms with Gasteiger partial charge in [0, 0.05) is 30.2 Å². The van der Waals surface area contributed by atoms with Crippen LogP contribution in [0.2, 0.25) is 10.0 Å². The fraction of sp³-hybridized carbons (Fsp3) is 0.385. The summed E-state index contributed by atoms with van der Waals surface area (Å²) in [6.07, 6.45) is -6.41. The van der Waals surface area contributed by atoms with E-state index in [9.17, 15) is 31.5 Å². The van der Waals surface area contributed by atoms with Gasteiger partial charge in [-0.05, 0) is 49.2 Å². The first-order chi connectivity index (χ1) is 20.8. The minimum Gasteiger partial charge on any atom is -0.382 e. The number of benzene rings is 2. The quantitative estimate of drug-likeness (QED) is 0.261. The average molecular weight is 676 g/mol. The second-order valence-electron chi connectivity index (χ2n) is 10.0. The molecule has 1 fully saturated rings. The van der Waals surface area contributed by atoms with Crippen molar-refractivity contribution >= 4 is 39.2 Å². The maximum absolute atomic E-state index is 13.3. The number of nitrogens with one attached hydrogen (secondary N) is 1. The highest BCUT2D eigenvalue weighted by molar-refractivity contribution is 7.89. The first-order valence-electron chi connectivity index (χ1n) is 13.4. The van der Waals surface area contributed by atoms with Crippen molar-refractivity contribution in [2.75, 3.05) is 30.7 Å². The van der Waals surface area contributed by atoms with Gasteiger partial charge in [-0.3, -0.25) is 4.57 Å². The van der Waals surface area contributed by atoms with Gasteiger partial charge < -0.3 is 10.4 Å². The van der Waals surface area contributed by atoms with E-state index in [0.717, 1.165) is 15.7 Å². The van der Waals surface area contributed by atoms with Crippen molar-refractivity contribution in [3.05, 3.63) is 74.9 Å². The molecule has 2 N–H and O–H groups in total. The van der Waals surface area contributed by atoms with Crippen LogP contribution in [0.25, 0.3) is 17.1 Å². The van der Waals surface area contributed by atoms with Gasteiger partial charge in [0.15, 0.2) is 17.8 Å². The topological polar surface area (TPSA) is 140 Å². The van der Waals surface area contributed by atoms with E-state index in [0.29, 0.717) is 34.3 Å². The smallest absolute Gasteiger partial charge is 0.382 e. The molecular formula is C26H27Cl2F3N8O4S. The number of sulfonamides is 1. The fourth-order valence-electron chi connectivity index (χ4n) is 4.64. The lowest BCUT2D eigenvalue weighted by Crippen LogP contribution is -2.40. The number of anilines is 1. The molecule has 2 aromatic heterocycles. The molecule has 1 atom stereocenters. The SMILES string of the molecule is O=c1n(Cc2nc(NCCN3CCCCS3(=O)=O)n(-c3ccccc3Cl)n2)nc(-c2ccc(Cl)cc2)n1C[C@H](O)C(F)(F)F. The minimum absolute atomic E-state index is 0.0591. The number of aromatic nitrogens is 6. The second kappa shape index (κ2) is 12.9. The van der Waals surface area contributed by atoms with Gasteiger partial charge >= 0.3 is 11.9 Å². The number of halogens is 5. The van der Waals surface area contributed by atoms with E-state index in [-0.39, 0.29) is 43.0 Å². The number of hydrogen-bond acceptors (Lipinski definition) is 8. The van der Waals surface area contributed by atoms with Gasteiger partial charge in [-0.1, -0.05) is 35.3 Å². The van der Waals surface area contributed by atoms with E-state index in [2.05, 4.69) is 20.5 Å². The Morgan fingerprint density at radius 3 is 2.45 bits per heavy atom. The third kappa shape index (κ3) is 7.10. The maximum atomic E-state index is 13.3. The normalized spacial score (nSPS) is 16.2. The Kier molecular flexibility index (Phi) is 9.36. The molecule has 0 saturated carbocycles. The molecule has 0 aliphatic carbocycles. The minimum atomic E-state index is -4.97.